The van der Waals surface area contributed by atoms with Crippen LogP contribution in [0.4, 0.5) is 0 Å². The van der Waals surface area contributed by atoms with E-state index < -0.39 is 0 Å². The molecule has 0 radical (unpaired) electrons. The highest BCUT2D eigenvalue weighted by molar-refractivity contribution is 9.09. The van der Waals surface area contributed by atoms with Gasteiger partial charge in [-0.25, -0.2) is 0 Å². The van der Waals surface area contributed by atoms with Crippen LogP contribution in [-0.2, 0) is 0 Å². The molecule has 0 N–H and O–H groups in total. The summed E-state index contributed by atoms with van der Waals surface area (Å²) < 4.78 is 0. The molecular formula is C21H35Br. The van der Waals surface area contributed by atoms with Gasteiger partial charge in [-0.15, -0.1) is 0 Å². The molecule has 0 spiro atoms. The Morgan fingerprint density at radius 1 is 0.818 bits per heavy atom. The molecule has 0 aliphatic heterocycles. The van der Waals surface area contributed by atoms with Gasteiger partial charge in [-0.3, -0.25) is 0 Å². The zero-order valence-electron chi connectivity index (χ0n) is 15.3. The molecular weight excluding hydrogens is 332 g/mol. The fourth-order valence-corrected chi connectivity index (χ4v) is 2.67. The van der Waals surface area contributed by atoms with E-state index in [0.717, 1.165) is 11.8 Å². The highest BCUT2D eigenvalue weighted by atomic mass is 79.9. The highest BCUT2D eigenvalue weighted by Crippen LogP contribution is 2.16. The van der Waals surface area contributed by atoms with Crippen molar-refractivity contribution in [3.8, 4) is 0 Å². The Bertz CT molecular complexity index is 404. The monoisotopic (exact) mass is 366 g/mol. The van der Waals surface area contributed by atoms with E-state index >= 15 is 0 Å². The molecule has 126 valence electrons. The lowest BCUT2D eigenvalue weighted by Crippen LogP contribution is -1.85. The third-order valence-electron chi connectivity index (χ3n) is 3.92. The predicted octanol–water partition coefficient (Wildman–Crippen LogP) is 7.92. The summed E-state index contributed by atoms with van der Waals surface area (Å²) in [5, 5.41) is 0.963. The largest absolute Gasteiger partial charge is 0.0883 e. The van der Waals surface area contributed by atoms with Crippen LogP contribution in [-0.4, -0.2) is 5.33 Å². The SMILES string of the molecule is CC/C(C)=C/CCC/C(C)=C/CC/C(=C/CBr)CC=C(C)C. The molecule has 0 amide bonds. The standard InChI is InChI=1S/C21H35Br/c1-6-19(4)10-7-8-11-20(5)12-9-13-21(16-17-22)15-14-18(2)3/h10,12,14,16H,6-9,11,13,15,17H2,1-5H3/b19-10+,20-12+,21-16-. The van der Waals surface area contributed by atoms with Crippen molar-refractivity contribution in [1.29, 1.82) is 0 Å². The first-order valence-electron chi connectivity index (χ1n) is 8.68. The van der Waals surface area contributed by atoms with Crippen molar-refractivity contribution >= 4 is 15.9 Å². The van der Waals surface area contributed by atoms with E-state index in [1.165, 1.54) is 49.7 Å². The zero-order chi connectivity index (χ0) is 16.8. The molecule has 0 aliphatic carbocycles. The summed E-state index contributed by atoms with van der Waals surface area (Å²) in [6.45, 7) is 11.1. The zero-order valence-corrected chi connectivity index (χ0v) is 16.9. The van der Waals surface area contributed by atoms with Crippen LogP contribution in [0.3, 0.4) is 0 Å². The fourth-order valence-electron chi connectivity index (χ4n) is 2.21. The van der Waals surface area contributed by atoms with E-state index in [2.05, 4.69) is 74.9 Å². The molecule has 0 bridgehead atoms. The van der Waals surface area contributed by atoms with Gasteiger partial charge in [0.05, 0.1) is 0 Å². The molecule has 1 heteroatoms. The number of alkyl halides is 1. The molecule has 22 heavy (non-hydrogen) atoms. The minimum absolute atomic E-state index is 0.963. The van der Waals surface area contributed by atoms with Gasteiger partial charge in [0.25, 0.3) is 0 Å². The van der Waals surface area contributed by atoms with Crippen molar-refractivity contribution in [2.24, 2.45) is 0 Å². The van der Waals surface area contributed by atoms with Crippen LogP contribution >= 0.6 is 15.9 Å². The molecule has 0 aromatic heterocycles. The van der Waals surface area contributed by atoms with Crippen molar-refractivity contribution in [3.05, 3.63) is 46.6 Å². The van der Waals surface area contributed by atoms with Gasteiger partial charge in [-0.05, 0) is 72.6 Å². The summed E-state index contributed by atoms with van der Waals surface area (Å²) in [4.78, 5) is 0. The van der Waals surface area contributed by atoms with Gasteiger partial charge in [0, 0.05) is 5.33 Å². The summed E-state index contributed by atoms with van der Waals surface area (Å²) in [5.41, 5.74) is 6.01. The highest BCUT2D eigenvalue weighted by Gasteiger charge is 1.96. The second kappa shape index (κ2) is 14.1. The Balaban J connectivity index is 4.11. The minimum atomic E-state index is 0.963. The summed E-state index contributed by atoms with van der Waals surface area (Å²) in [5.74, 6) is 0. The summed E-state index contributed by atoms with van der Waals surface area (Å²) in [6.07, 6.45) is 17.8. The maximum absolute atomic E-state index is 3.52. The summed E-state index contributed by atoms with van der Waals surface area (Å²) in [7, 11) is 0. The number of halogens is 1. The van der Waals surface area contributed by atoms with Gasteiger partial charge in [0.2, 0.25) is 0 Å². The Labute approximate surface area is 147 Å². The fraction of sp³-hybridized carbons (Fsp3) is 0.619. The van der Waals surface area contributed by atoms with E-state index in [1.54, 1.807) is 11.1 Å². The lowest BCUT2D eigenvalue weighted by atomic mass is 10.0. The molecule has 0 aliphatic rings. The molecule has 0 fully saturated rings. The van der Waals surface area contributed by atoms with Crippen LogP contribution in [0.5, 0.6) is 0 Å². The van der Waals surface area contributed by atoms with Gasteiger partial charge in [0.1, 0.15) is 0 Å². The first-order chi connectivity index (χ1) is 10.5. The van der Waals surface area contributed by atoms with Crippen LogP contribution in [0.2, 0.25) is 0 Å². The lowest BCUT2D eigenvalue weighted by molar-refractivity contribution is 0.813. The quantitative estimate of drug-likeness (QED) is 0.198. The number of allylic oxidation sites excluding steroid dienone is 8. The average molecular weight is 367 g/mol. The third-order valence-corrected chi connectivity index (χ3v) is 4.25. The van der Waals surface area contributed by atoms with Gasteiger partial charge in [0.15, 0.2) is 0 Å². The Morgan fingerprint density at radius 3 is 2.09 bits per heavy atom. The first-order valence-corrected chi connectivity index (χ1v) is 9.80. The topological polar surface area (TPSA) is 0 Å². The van der Waals surface area contributed by atoms with Crippen molar-refractivity contribution in [3.63, 3.8) is 0 Å². The van der Waals surface area contributed by atoms with Crippen LogP contribution in [0.1, 0.15) is 79.6 Å². The molecule has 0 aromatic rings. The van der Waals surface area contributed by atoms with Gasteiger partial charge in [-0.2, -0.15) is 0 Å². The lowest BCUT2D eigenvalue weighted by Gasteiger charge is -2.05. The predicted molar refractivity (Wildman–Crippen MR) is 107 cm³/mol. The van der Waals surface area contributed by atoms with Crippen LogP contribution < -0.4 is 0 Å². The van der Waals surface area contributed by atoms with Crippen LogP contribution in [0, 0.1) is 0 Å². The van der Waals surface area contributed by atoms with E-state index in [9.17, 15) is 0 Å². The van der Waals surface area contributed by atoms with Gasteiger partial charge >= 0.3 is 0 Å². The molecule has 0 aromatic carbocycles. The molecule has 0 nitrogen and oxygen atoms in total. The maximum Gasteiger partial charge on any atom is 0.0214 e. The Morgan fingerprint density at radius 2 is 1.50 bits per heavy atom. The van der Waals surface area contributed by atoms with E-state index in [-0.39, 0.29) is 0 Å². The molecule has 0 atom stereocenters. The first kappa shape index (κ1) is 21.4. The van der Waals surface area contributed by atoms with Crippen molar-refractivity contribution < 1.29 is 0 Å². The molecule has 0 unspecified atom stereocenters. The summed E-state index contributed by atoms with van der Waals surface area (Å²) in [6, 6.07) is 0. The molecule has 0 rings (SSSR count). The van der Waals surface area contributed by atoms with Gasteiger partial charge < -0.3 is 0 Å². The normalized spacial score (nSPS) is 13.5. The van der Waals surface area contributed by atoms with Crippen molar-refractivity contribution in [2.45, 2.75) is 79.6 Å². The number of hydrogen-bond acceptors (Lipinski definition) is 0. The second-order valence-corrected chi connectivity index (χ2v) is 7.04. The number of unbranched alkanes of at least 4 members (excludes halogenated alkanes) is 1. The minimum Gasteiger partial charge on any atom is -0.0883 e. The smallest absolute Gasteiger partial charge is 0.0214 e. The Hall–Kier alpha value is -0.560. The molecule has 0 saturated carbocycles. The Kier molecular flexibility index (Phi) is 13.7. The van der Waals surface area contributed by atoms with Crippen molar-refractivity contribution in [1.82, 2.24) is 0 Å². The van der Waals surface area contributed by atoms with Crippen LogP contribution in [0.25, 0.3) is 0 Å². The number of hydrogen-bond donors (Lipinski definition) is 0. The van der Waals surface area contributed by atoms with Crippen molar-refractivity contribution in [2.75, 3.05) is 5.33 Å². The molecule has 0 saturated heterocycles. The van der Waals surface area contributed by atoms with Crippen LogP contribution in [0.15, 0.2) is 46.6 Å². The van der Waals surface area contributed by atoms with E-state index in [0.29, 0.717) is 0 Å². The van der Waals surface area contributed by atoms with Gasteiger partial charge in [-0.1, -0.05) is 69.5 Å². The third kappa shape index (κ3) is 13.1. The number of rotatable bonds is 11. The van der Waals surface area contributed by atoms with E-state index in [4.69, 9.17) is 0 Å². The average Bonchev–Trinajstić information content (AvgIpc) is 2.48. The maximum atomic E-state index is 3.52. The van der Waals surface area contributed by atoms with E-state index in [1.807, 2.05) is 0 Å². The second-order valence-electron chi connectivity index (χ2n) is 6.39. The summed E-state index contributed by atoms with van der Waals surface area (Å²) >= 11 is 3.52. The molecule has 0 heterocycles.